The Morgan fingerprint density at radius 3 is 1.76 bits per heavy atom. The Hall–Kier alpha value is -6.29. The van der Waals surface area contributed by atoms with Crippen molar-refractivity contribution < 1.29 is 43.4 Å². The third-order valence-corrected chi connectivity index (χ3v) is 10.8. The van der Waals surface area contributed by atoms with E-state index in [1.54, 1.807) is 35.2 Å². The molecule has 0 bridgehead atoms. The molecule has 2 aromatic carbocycles. The van der Waals surface area contributed by atoms with Gasteiger partial charge in [-0.15, -0.1) is 0 Å². The van der Waals surface area contributed by atoms with Crippen LogP contribution in [-0.4, -0.2) is 109 Å². The number of hydrogen-bond acceptors (Lipinski definition) is 16. The normalized spacial score (nSPS) is 20.9. The summed E-state index contributed by atoms with van der Waals surface area (Å²) in [5.74, 6) is 1.62. The number of aliphatic hydroxyl groups is 2. The lowest BCUT2D eigenvalue weighted by molar-refractivity contribution is -0.385. The number of aryl methyl sites for hydroxylation is 1. The van der Waals surface area contributed by atoms with Gasteiger partial charge >= 0.3 is 6.08 Å². The van der Waals surface area contributed by atoms with E-state index in [0.29, 0.717) is 61.7 Å². The minimum atomic E-state index is -0.972. The fourth-order valence-electron chi connectivity index (χ4n) is 7.64. The molecule has 2 saturated heterocycles. The van der Waals surface area contributed by atoms with Gasteiger partial charge in [0.25, 0.3) is 11.4 Å². The second kappa shape index (κ2) is 19.6. The van der Waals surface area contributed by atoms with E-state index < -0.39 is 28.1 Å². The molecule has 0 saturated carbocycles. The lowest BCUT2D eigenvalue weighted by Crippen LogP contribution is -2.24. The van der Waals surface area contributed by atoms with Gasteiger partial charge < -0.3 is 38.3 Å². The summed E-state index contributed by atoms with van der Waals surface area (Å²) in [7, 11) is 0. The van der Waals surface area contributed by atoms with Crippen LogP contribution in [0, 0.1) is 39.1 Å². The molecule has 0 spiro atoms. The van der Waals surface area contributed by atoms with Gasteiger partial charge in [0.1, 0.15) is 11.9 Å². The average Bonchev–Trinajstić information content (AvgIpc) is 4.03. The number of imidazole rings is 2. The second-order valence-corrected chi connectivity index (χ2v) is 15.3. The van der Waals surface area contributed by atoms with Crippen LogP contribution >= 0.6 is 0 Å². The molecule has 2 aliphatic heterocycles. The number of benzene rings is 2. The van der Waals surface area contributed by atoms with Crippen LogP contribution in [0.25, 0.3) is 22.3 Å². The molecule has 20 nitrogen and oxygen atoms in total. The summed E-state index contributed by atoms with van der Waals surface area (Å²) in [5, 5.41) is 40.6. The molecular weight excluding hydrogens is 812 g/mol. The minimum absolute atomic E-state index is 0.00106. The number of aromatic nitrogens is 8. The highest BCUT2D eigenvalue weighted by Gasteiger charge is 2.34. The fourth-order valence-corrected chi connectivity index (χ4v) is 7.64. The maximum atomic E-state index is 14.0. The molecule has 0 aliphatic carbocycles. The van der Waals surface area contributed by atoms with Crippen LogP contribution < -0.4 is 9.47 Å². The zero-order valence-electron chi connectivity index (χ0n) is 34.3. The Morgan fingerprint density at radius 1 is 0.774 bits per heavy atom. The summed E-state index contributed by atoms with van der Waals surface area (Å²) in [5.41, 5.74) is 3.73. The topological polar surface area (TPSA) is 251 Å². The highest BCUT2D eigenvalue weighted by atomic mass is 19.1. The number of nitro groups is 2. The summed E-state index contributed by atoms with van der Waals surface area (Å²) in [4.78, 5) is 45.8. The molecule has 21 heteroatoms. The first-order valence-electron chi connectivity index (χ1n) is 20.3. The summed E-state index contributed by atoms with van der Waals surface area (Å²) in [6.45, 7) is 7.46. The quantitative estimate of drug-likeness (QED) is 0.0748. The van der Waals surface area contributed by atoms with Gasteiger partial charge in [0.05, 0.1) is 79.8 Å². The van der Waals surface area contributed by atoms with Crippen LogP contribution in [0.15, 0.2) is 61.2 Å². The van der Waals surface area contributed by atoms with Crippen molar-refractivity contribution in [3.05, 3.63) is 104 Å². The monoisotopic (exact) mass is 858 g/mol. The lowest BCUT2D eigenvalue weighted by atomic mass is 10.0. The van der Waals surface area contributed by atoms with Gasteiger partial charge in [-0.05, 0) is 36.8 Å². The Bertz CT molecular complexity index is 2310. The highest BCUT2D eigenvalue weighted by molar-refractivity contribution is 5.77. The molecule has 6 atom stereocenters. The predicted octanol–water partition coefficient (Wildman–Crippen LogP) is 4.87. The van der Waals surface area contributed by atoms with Gasteiger partial charge in [-0.1, -0.05) is 38.1 Å². The summed E-state index contributed by atoms with van der Waals surface area (Å²) >= 11 is 0. The van der Waals surface area contributed by atoms with Crippen molar-refractivity contribution in [3.63, 3.8) is 0 Å². The van der Waals surface area contributed by atoms with E-state index >= 15 is 0 Å². The van der Waals surface area contributed by atoms with Gasteiger partial charge in [-0.3, -0.25) is 20.2 Å². The molecular formula is C41H47FN10O10. The Kier molecular flexibility index (Phi) is 13.9. The smallest absolute Gasteiger partial charge is 0.314 e. The number of non-ortho nitro benzene ring substituents is 2. The first kappa shape index (κ1) is 43.8. The molecule has 2 N–H and O–H groups in total. The van der Waals surface area contributed by atoms with Crippen molar-refractivity contribution in [2.24, 2.45) is 5.92 Å². The minimum Gasteiger partial charge on any atom is -0.476 e. The predicted molar refractivity (Wildman–Crippen MR) is 219 cm³/mol. The molecule has 0 unspecified atom stereocenters. The molecule has 62 heavy (non-hydrogen) atoms. The van der Waals surface area contributed by atoms with E-state index in [2.05, 4.69) is 43.8 Å². The number of nitro benzene ring substituents is 2. The zero-order chi connectivity index (χ0) is 43.9. The number of fused-ring (bicyclic) bond motifs is 2. The second-order valence-electron chi connectivity index (χ2n) is 15.3. The van der Waals surface area contributed by atoms with Gasteiger partial charge in [-0.25, -0.2) is 15.0 Å². The number of ether oxygens (including phenoxy) is 4. The Balaban J connectivity index is 0.000000186. The molecule has 0 amide bonds. The number of aliphatic hydroxyl groups excluding tert-OH is 2. The highest BCUT2D eigenvalue weighted by Crippen LogP contribution is 2.31. The molecule has 2 fully saturated rings. The maximum Gasteiger partial charge on any atom is 0.314 e. The third kappa shape index (κ3) is 10.4. The largest absolute Gasteiger partial charge is 0.476 e. The van der Waals surface area contributed by atoms with E-state index in [9.17, 15) is 34.8 Å². The Labute approximate surface area is 354 Å². The molecule has 328 valence electrons. The van der Waals surface area contributed by atoms with Crippen molar-refractivity contribution in [2.75, 3.05) is 19.8 Å². The average molecular weight is 859 g/mol. The number of halogens is 1. The molecule has 4 aromatic heterocycles. The van der Waals surface area contributed by atoms with E-state index in [4.69, 9.17) is 18.9 Å². The van der Waals surface area contributed by atoms with Crippen LogP contribution in [-0.2, 0) is 35.4 Å². The van der Waals surface area contributed by atoms with Gasteiger partial charge in [0, 0.05) is 43.5 Å². The zero-order valence-corrected chi connectivity index (χ0v) is 34.3. The first-order chi connectivity index (χ1) is 29.9. The summed E-state index contributed by atoms with van der Waals surface area (Å²) < 4.78 is 40.9. The molecule has 2 aliphatic rings. The van der Waals surface area contributed by atoms with Crippen LogP contribution in [0.2, 0.25) is 0 Å². The van der Waals surface area contributed by atoms with Crippen molar-refractivity contribution in [3.8, 4) is 11.8 Å². The number of nitrogens with zero attached hydrogens (tertiary/aromatic N) is 10. The van der Waals surface area contributed by atoms with Crippen LogP contribution in [0.5, 0.6) is 11.8 Å². The standard InChI is InChI=1S/C22H27N5O4.C19H20FN5O6/c1-4-19-14(2)11-18(31-19)12-26-13-23-20-21(26)24-15(3)25-22(20)30-10-9-16-5-7-17(8-6-16)27(28)29;20-19-22-17-16(21-10-24(17)8-13-7-14(27)15(9-26)31-13)18(23-19)30-6-5-11-1-3-12(4-2-11)25(28)29/h5-8,13-14,18-19H,4,9-12H2,1-3H3;1-4,10,13-15,26-27H,5-9H2/t14-,18-,19-;13-,14-,15-/m11/s1. The van der Waals surface area contributed by atoms with Crippen LogP contribution in [0.3, 0.4) is 0 Å². The lowest BCUT2D eigenvalue weighted by Gasteiger charge is -2.14. The summed E-state index contributed by atoms with van der Waals surface area (Å²) in [6, 6.07) is 12.5. The van der Waals surface area contributed by atoms with E-state index in [1.165, 1.54) is 30.6 Å². The first-order valence-corrected chi connectivity index (χ1v) is 20.3. The third-order valence-electron chi connectivity index (χ3n) is 10.8. The van der Waals surface area contributed by atoms with E-state index in [0.717, 1.165) is 29.6 Å². The molecule has 0 radical (unpaired) electrons. The number of hydrogen-bond donors (Lipinski definition) is 2. The van der Waals surface area contributed by atoms with Crippen LogP contribution in [0.4, 0.5) is 15.8 Å². The SMILES string of the molecule is CC[C@H]1O[C@@H](Cn2cnc3c(OCCc4ccc([N+](=O)[O-])cc4)nc(C)nc32)C[C@H]1C.O=[N+]([O-])c1ccc(CCOc2nc(F)nc3c2ncn3C[C@H]2C[C@@H](O)[C@@H](CO)O2)cc1. The van der Waals surface area contributed by atoms with Crippen molar-refractivity contribution >= 4 is 33.7 Å². The van der Waals surface area contributed by atoms with Crippen molar-refractivity contribution in [1.82, 2.24) is 39.0 Å². The van der Waals surface area contributed by atoms with E-state index in [-0.39, 0.29) is 60.4 Å². The van der Waals surface area contributed by atoms with Crippen molar-refractivity contribution in [2.45, 2.75) is 96.5 Å². The van der Waals surface area contributed by atoms with Crippen LogP contribution in [0.1, 0.15) is 50.1 Å². The van der Waals surface area contributed by atoms with Gasteiger partial charge in [0.2, 0.25) is 11.8 Å². The Morgan fingerprint density at radius 2 is 1.27 bits per heavy atom. The van der Waals surface area contributed by atoms with Gasteiger partial charge in [0.15, 0.2) is 22.3 Å². The fraction of sp³-hybridized carbons (Fsp3) is 0.463. The molecule has 6 aromatic rings. The van der Waals surface area contributed by atoms with Gasteiger partial charge in [-0.2, -0.15) is 19.3 Å². The maximum absolute atomic E-state index is 14.0. The number of rotatable bonds is 16. The molecule has 6 heterocycles. The van der Waals surface area contributed by atoms with E-state index in [1.807, 2.05) is 11.5 Å². The molecule has 8 rings (SSSR count). The summed E-state index contributed by atoms with van der Waals surface area (Å²) in [6.07, 6.45) is 4.35. The van der Waals surface area contributed by atoms with Crippen molar-refractivity contribution in [1.29, 1.82) is 0 Å².